The lowest BCUT2D eigenvalue weighted by Crippen LogP contribution is -1.97. The van der Waals surface area contributed by atoms with Gasteiger partial charge >= 0.3 is 0 Å². The minimum atomic E-state index is 0.338. The van der Waals surface area contributed by atoms with Crippen molar-refractivity contribution in [3.05, 3.63) is 11.9 Å². The third-order valence-corrected chi connectivity index (χ3v) is 1.76. The maximum absolute atomic E-state index is 9.41. The van der Waals surface area contributed by atoms with Crippen LogP contribution in [0, 0.1) is 0 Å². The summed E-state index contributed by atoms with van der Waals surface area (Å²) in [5.74, 6) is 0.338. The Morgan fingerprint density at radius 1 is 1.42 bits per heavy atom. The number of aromatic hydroxyl groups is 1. The molecular formula is C9H16N2O. The van der Waals surface area contributed by atoms with Crippen molar-refractivity contribution < 1.29 is 5.11 Å². The fraction of sp³-hybridized carbons (Fsp3) is 0.667. The molecule has 0 unspecified atom stereocenters. The number of hydrogen-bond acceptors (Lipinski definition) is 2. The van der Waals surface area contributed by atoms with Crippen molar-refractivity contribution in [1.82, 2.24) is 9.78 Å². The molecule has 0 aliphatic carbocycles. The summed E-state index contributed by atoms with van der Waals surface area (Å²) in [6.45, 7) is 5.06. The maximum Gasteiger partial charge on any atom is 0.156 e. The van der Waals surface area contributed by atoms with E-state index in [-0.39, 0.29) is 0 Å². The minimum Gasteiger partial charge on any atom is -0.504 e. The van der Waals surface area contributed by atoms with Crippen LogP contribution < -0.4 is 0 Å². The van der Waals surface area contributed by atoms with Crippen molar-refractivity contribution in [1.29, 1.82) is 0 Å². The Kier molecular flexibility index (Phi) is 3.14. The molecule has 1 rings (SSSR count). The minimum absolute atomic E-state index is 0.338. The van der Waals surface area contributed by atoms with Crippen LogP contribution in [-0.4, -0.2) is 14.9 Å². The lowest BCUT2D eigenvalue weighted by atomic mass is 10.2. The normalized spacial score (nSPS) is 10.5. The molecule has 68 valence electrons. The Hall–Kier alpha value is -0.990. The van der Waals surface area contributed by atoms with E-state index >= 15 is 0 Å². The molecule has 3 heteroatoms. The highest BCUT2D eigenvalue weighted by atomic mass is 16.3. The molecule has 0 atom stereocenters. The average Bonchev–Trinajstić information content (AvgIpc) is 2.34. The molecular weight excluding hydrogens is 152 g/mol. The van der Waals surface area contributed by atoms with Gasteiger partial charge in [0.25, 0.3) is 0 Å². The Labute approximate surface area is 73.0 Å². The first kappa shape index (κ1) is 9.10. The summed E-state index contributed by atoms with van der Waals surface area (Å²) in [7, 11) is 0. The van der Waals surface area contributed by atoms with E-state index in [1.165, 1.54) is 0 Å². The molecule has 3 nitrogen and oxygen atoms in total. The average molecular weight is 168 g/mol. The van der Waals surface area contributed by atoms with Crippen LogP contribution in [0.15, 0.2) is 6.20 Å². The van der Waals surface area contributed by atoms with Crippen LogP contribution in [0.2, 0.25) is 0 Å². The molecule has 0 amide bonds. The van der Waals surface area contributed by atoms with E-state index in [0.29, 0.717) is 5.75 Å². The molecule has 1 aromatic heterocycles. The predicted octanol–water partition coefficient (Wildman–Crippen LogP) is 1.95. The molecule has 1 heterocycles. The van der Waals surface area contributed by atoms with Crippen molar-refractivity contribution in [2.24, 2.45) is 0 Å². The molecule has 0 aliphatic heterocycles. The zero-order chi connectivity index (χ0) is 8.97. The molecule has 0 aliphatic rings. The fourth-order valence-corrected chi connectivity index (χ4v) is 1.21. The van der Waals surface area contributed by atoms with Gasteiger partial charge in [0.2, 0.25) is 0 Å². The van der Waals surface area contributed by atoms with Crippen LogP contribution in [-0.2, 0) is 13.0 Å². The second-order valence-electron chi connectivity index (χ2n) is 2.97. The molecule has 0 fully saturated rings. The van der Waals surface area contributed by atoms with Gasteiger partial charge in [-0.05, 0) is 12.8 Å². The molecule has 0 radical (unpaired) electrons. The lowest BCUT2D eigenvalue weighted by molar-refractivity contribution is 0.466. The standard InChI is InChI=1S/C9H16N2O/c1-3-5-8-9(12)7-11(10-8)6-4-2/h7,12H,3-6H2,1-2H3. The molecule has 1 aromatic rings. The third-order valence-electron chi connectivity index (χ3n) is 1.76. The SMILES string of the molecule is CCCc1nn(CCC)cc1O. The highest BCUT2D eigenvalue weighted by Crippen LogP contribution is 2.15. The highest BCUT2D eigenvalue weighted by molar-refractivity contribution is 5.22. The van der Waals surface area contributed by atoms with Crippen LogP contribution in [0.25, 0.3) is 0 Å². The van der Waals surface area contributed by atoms with E-state index in [9.17, 15) is 5.11 Å². The second kappa shape index (κ2) is 4.14. The molecule has 0 spiro atoms. The smallest absolute Gasteiger partial charge is 0.156 e. The van der Waals surface area contributed by atoms with E-state index in [0.717, 1.165) is 31.5 Å². The van der Waals surface area contributed by atoms with Gasteiger partial charge in [0, 0.05) is 6.54 Å². The first-order valence-electron chi connectivity index (χ1n) is 4.53. The molecule has 0 bridgehead atoms. The van der Waals surface area contributed by atoms with Crippen LogP contribution >= 0.6 is 0 Å². The zero-order valence-electron chi connectivity index (χ0n) is 7.75. The van der Waals surface area contributed by atoms with Gasteiger partial charge in [-0.3, -0.25) is 4.68 Å². The molecule has 0 aromatic carbocycles. The van der Waals surface area contributed by atoms with Crippen molar-refractivity contribution in [3.8, 4) is 5.75 Å². The van der Waals surface area contributed by atoms with Crippen LogP contribution in [0.4, 0.5) is 0 Å². The second-order valence-corrected chi connectivity index (χ2v) is 2.97. The Bertz CT molecular complexity index is 243. The topological polar surface area (TPSA) is 38.0 Å². The summed E-state index contributed by atoms with van der Waals surface area (Å²) in [4.78, 5) is 0. The number of aromatic nitrogens is 2. The maximum atomic E-state index is 9.41. The van der Waals surface area contributed by atoms with Crippen molar-refractivity contribution in [2.45, 2.75) is 39.7 Å². The summed E-state index contributed by atoms with van der Waals surface area (Å²) in [5, 5.41) is 13.7. The molecule has 0 saturated carbocycles. The van der Waals surface area contributed by atoms with E-state index in [1.54, 1.807) is 10.9 Å². The van der Waals surface area contributed by atoms with E-state index in [4.69, 9.17) is 0 Å². The van der Waals surface area contributed by atoms with Gasteiger partial charge in [-0.15, -0.1) is 0 Å². The summed E-state index contributed by atoms with van der Waals surface area (Å²) in [6, 6.07) is 0. The number of rotatable bonds is 4. The van der Waals surface area contributed by atoms with Gasteiger partial charge in [0.15, 0.2) is 5.75 Å². The quantitative estimate of drug-likeness (QED) is 0.746. The van der Waals surface area contributed by atoms with Gasteiger partial charge in [-0.25, -0.2) is 0 Å². The predicted molar refractivity (Wildman–Crippen MR) is 48.2 cm³/mol. The summed E-state index contributed by atoms with van der Waals surface area (Å²) in [5.41, 5.74) is 0.825. The summed E-state index contributed by atoms with van der Waals surface area (Å²) in [6.07, 6.45) is 4.64. The largest absolute Gasteiger partial charge is 0.504 e. The van der Waals surface area contributed by atoms with Crippen LogP contribution in [0.1, 0.15) is 32.4 Å². The summed E-state index contributed by atoms with van der Waals surface area (Å²) >= 11 is 0. The van der Waals surface area contributed by atoms with Crippen molar-refractivity contribution >= 4 is 0 Å². The van der Waals surface area contributed by atoms with E-state index in [2.05, 4.69) is 18.9 Å². The fourth-order valence-electron chi connectivity index (χ4n) is 1.21. The zero-order valence-corrected chi connectivity index (χ0v) is 7.75. The molecule has 0 saturated heterocycles. The third kappa shape index (κ3) is 2.00. The van der Waals surface area contributed by atoms with Crippen LogP contribution in [0.5, 0.6) is 5.75 Å². The molecule has 1 N–H and O–H groups in total. The van der Waals surface area contributed by atoms with E-state index < -0.39 is 0 Å². The first-order valence-corrected chi connectivity index (χ1v) is 4.53. The van der Waals surface area contributed by atoms with Gasteiger partial charge in [-0.1, -0.05) is 20.3 Å². The van der Waals surface area contributed by atoms with Gasteiger partial charge < -0.3 is 5.11 Å². The number of aryl methyl sites for hydroxylation is 2. The highest BCUT2D eigenvalue weighted by Gasteiger charge is 2.04. The monoisotopic (exact) mass is 168 g/mol. The molecule has 12 heavy (non-hydrogen) atoms. The summed E-state index contributed by atoms with van der Waals surface area (Å²) < 4.78 is 1.81. The Morgan fingerprint density at radius 3 is 2.75 bits per heavy atom. The lowest BCUT2D eigenvalue weighted by Gasteiger charge is -1.94. The van der Waals surface area contributed by atoms with E-state index in [1.807, 2.05) is 0 Å². The number of hydrogen-bond donors (Lipinski definition) is 1. The van der Waals surface area contributed by atoms with Gasteiger partial charge in [0.05, 0.1) is 6.20 Å². The number of nitrogens with zero attached hydrogens (tertiary/aromatic N) is 2. The van der Waals surface area contributed by atoms with Crippen LogP contribution in [0.3, 0.4) is 0 Å². The Balaban J connectivity index is 2.70. The van der Waals surface area contributed by atoms with Gasteiger partial charge in [-0.2, -0.15) is 5.10 Å². The Morgan fingerprint density at radius 2 is 2.17 bits per heavy atom. The van der Waals surface area contributed by atoms with Crippen molar-refractivity contribution in [3.63, 3.8) is 0 Å². The van der Waals surface area contributed by atoms with Crippen molar-refractivity contribution in [2.75, 3.05) is 0 Å². The first-order chi connectivity index (χ1) is 5.77. The van der Waals surface area contributed by atoms with Gasteiger partial charge in [0.1, 0.15) is 5.69 Å².